The third-order valence-electron chi connectivity index (χ3n) is 4.16. The summed E-state index contributed by atoms with van der Waals surface area (Å²) in [7, 11) is 0. The van der Waals surface area contributed by atoms with Crippen LogP contribution in [0.3, 0.4) is 0 Å². The van der Waals surface area contributed by atoms with Crippen molar-refractivity contribution >= 4 is 11.7 Å². The third kappa shape index (κ3) is 4.88. The Kier molecular flexibility index (Phi) is 5.76. The monoisotopic (exact) mass is 369 g/mol. The van der Waals surface area contributed by atoms with Gasteiger partial charge in [-0.15, -0.1) is 0 Å². The van der Waals surface area contributed by atoms with Gasteiger partial charge in [0.15, 0.2) is 5.78 Å². The number of nitrogens with one attached hydrogen (secondary N) is 1. The number of furan rings is 1. The predicted octanol–water partition coefficient (Wildman–Crippen LogP) is 3.88. The number of Topliss-reactive ketones (excluding diaryl/α,β-unsaturated/α-hetero) is 1. The lowest BCUT2D eigenvalue weighted by molar-refractivity contribution is -0.122. The van der Waals surface area contributed by atoms with Crippen molar-refractivity contribution in [2.24, 2.45) is 0 Å². The first-order valence-corrected chi connectivity index (χ1v) is 8.37. The second-order valence-electron chi connectivity index (χ2n) is 6.04. The molecule has 1 amide bonds. The number of halogens is 2. The minimum Gasteiger partial charge on any atom is -0.469 e. The van der Waals surface area contributed by atoms with E-state index in [0.717, 1.165) is 0 Å². The van der Waals surface area contributed by atoms with E-state index in [-0.39, 0.29) is 24.7 Å². The van der Waals surface area contributed by atoms with Crippen molar-refractivity contribution in [2.45, 2.75) is 12.3 Å². The molecule has 0 aliphatic heterocycles. The first-order valence-electron chi connectivity index (χ1n) is 8.37. The van der Waals surface area contributed by atoms with Crippen molar-refractivity contribution in [3.63, 3.8) is 0 Å². The number of ketones is 1. The number of carbonyl (C=O) groups excluding carboxylic acids is 2. The fourth-order valence-corrected chi connectivity index (χ4v) is 2.72. The largest absolute Gasteiger partial charge is 0.469 e. The quantitative estimate of drug-likeness (QED) is 0.643. The van der Waals surface area contributed by atoms with Gasteiger partial charge in [0.2, 0.25) is 5.91 Å². The Bertz CT molecular complexity index is 904. The van der Waals surface area contributed by atoms with Crippen LogP contribution in [0.2, 0.25) is 0 Å². The summed E-state index contributed by atoms with van der Waals surface area (Å²) in [5, 5.41) is 2.60. The average Bonchev–Trinajstić information content (AvgIpc) is 3.18. The van der Waals surface area contributed by atoms with Gasteiger partial charge in [-0.1, -0.05) is 12.1 Å². The third-order valence-corrected chi connectivity index (χ3v) is 4.16. The summed E-state index contributed by atoms with van der Waals surface area (Å²) in [4.78, 5) is 24.9. The number of carbonyl (C=O) groups is 2. The Hall–Kier alpha value is -3.28. The van der Waals surface area contributed by atoms with Gasteiger partial charge in [0, 0.05) is 12.0 Å². The highest BCUT2D eigenvalue weighted by Crippen LogP contribution is 2.22. The van der Waals surface area contributed by atoms with Crippen molar-refractivity contribution in [2.75, 3.05) is 6.54 Å². The molecule has 0 saturated heterocycles. The van der Waals surface area contributed by atoms with Crippen molar-refractivity contribution in [1.29, 1.82) is 0 Å². The molecule has 27 heavy (non-hydrogen) atoms. The maximum Gasteiger partial charge on any atom is 0.228 e. The number of hydrogen-bond acceptors (Lipinski definition) is 3. The summed E-state index contributed by atoms with van der Waals surface area (Å²) in [6.45, 7) is -0.222. The molecule has 6 heteroatoms. The maximum atomic E-state index is 13.2. The van der Waals surface area contributed by atoms with Crippen LogP contribution in [-0.2, 0) is 11.2 Å². The van der Waals surface area contributed by atoms with Crippen LogP contribution in [0.5, 0.6) is 0 Å². The summed E-state index contributed by atoms with van der Waals surface area (Å²) in [5.41, 5.74) is 0.917. The van der Waals surface area contributed by atoms with E-state index < -0.39 is 17.6 Å². The molecule has 1 atom stereocenters. The van der Waals surface area contributed by atoms with Gasteiger partial charge >= 0.3 is 0 Å². The van der Waals surface area contributed by atoms with Gasteiger partial charge in [-0.05, 0) is 54.1 Å². The zero-order valence-electron chi connectivity index (χ0n) is 14.3. The van der Waals surface area contributed by atoms with E-state index in [4.69, 9.17) is 4.42 Å². The predicted molar refractivity (Wildman–Crippen MR) is 95.3 cm³/mol. The van der Waals surface area contributed by atoms with E-state index in [0.29, 0.717) is 16.9 Å². The topological polar surface area (TPSA) is 59.3 Å². The Morgan fingerprint density at radius 2 is 1.56 bits per heavy atom. The highest BCUT2D eigenvalue weighted by atomic mass is 19.1. The zero-order chi connectivity index (χ0) is 19.2. The fraction of sp³-hybridized carbons (Fsp3) is 0.143. The second-order valence-corrected chi connectivity index (χ2v) is 6.04. The molecule has 0 fully saturated rings. The molecular weight excluding hydrogens is 352 g/mol. The number of rotatable bonds is 7. The molecule has 1 aromatic heterocycles. The molecule has 0 bridgehead atoms. The Balaban J connectivity index is 1.71. The zero-order valence-corrected chi connectivity index (χ0v) is 14.3. The Morgan fingerprint density at radius 1 is 0.926 bits per heavy atom. The molecule has 1 unspecified atom stereocenters. The summed E-state index contributed by atoms with van der Waals surface area (Å²) in [6.07, 6.45) is 1.78. The minimum atomic E-state index is -0.641. The van der Waals surface area contributed by atoms with Crippen LogP contribution >= 0.6 is 0 Å². The van der Waals surface area contributed by atoms with Gasteiger partial charge in [0.1, 0.15) is 17.4 Å². The van der Waals surface area contributed by atoms with Crippen molar-refractivity contribution < 1.29 is 22.8 Å². The summed E-state index contributed by atoms with van der Waals surface area (Å²) < 4.78 is 31.5. The van der Waals surface area contributed by atoms with E-state index in [1.807, 2.05) is 0 Å². The highest BCUT2D eigenvalue weighted by molar-refractivity contribution is 5.99. The highest BCUT2D eigenvalue weighted by Gasteiger charge is 2.23. The van der Waals surface area contributed by atoms with Gasteiger partial charge in [-0.3, -0.25) is 9.59 Å². The van der Waals surface area contributed by atoms with Crippen LogP contribution in [0.1, 0.15) is 27.6 Å². The van der Waals surface area contributed by atoms with Crippen LogP contribution in [0, 0.1) is 11.6 Å². The lowest BCUT2D eigenvalue weighted by Gasteiger charge is -2.16. The number of amides is 1. The van der Waals surface area contributed by atoms with Gasteiger partial charge in [-0.25, -0.2) is 8.78 Å². The number of benzene rings is 2. The molecule has 3 rings (SSSR count). The van der Waals surface area contributed by atoms with Crippen LogP contribution < -0.4 is 5.32 Å². The standard InChI is InChI=1S/C21H17F2NO3/c22-16-7-3-14(4-8-16)19(12-18-2-1-11-27-18)21(26)24-13-20(25)15-5-9-17(23)10-6-15/h1-11,19H,12-13H2,(H,24,26). The lowest BCUT2D eigenvalue weighted by Crippen LogP contribution is -2.34. The molecule has 138 valence electrons. The summed E-state index contributed by atoms with van der Waals surface area (Å²) >= 11 is 0. The molecule has 0 saturated carbocycles. The van der Waals surface area contributed by atoms with Gasteiger partial charge < -0.3 is 9.73 Å². The molecule has 0 aliphatic rings. The SMILES string of the molecule is O=C(CNC(=O)C(Cc1ccco1)c1ccc(F)cc1)c1ccc(F)cc1. The molecule has 1 N–H and O–H groups in total. The smallest absolute Gasteiger partial charge is 0.228 e. The molecule has 1 heterocycles. The molecule has 0 aliphatic carbocycles. The van der Waals surface area contributed by atoms with Crippen LogP contribution in [0.25, 0.3) is 0 Å². The first-order chi connectivity index (χ1) is 13.0. The van der Waals surface area contributed by atoms with Gasteiger partial charge in [-0.2, -0.15) is 0 Å². The molecule has 0 radical (unpaired) electrons. The Morgan fingerprint density at radius 3 is 2.15 bits per heavy atom. The maximum absolute atomic E-state index is 13.2. The van der Waals surface area contributed by atoms with E-state index in [9.17, 15) is 18.4 Å². The molecule has 2 aromatic carbocycles. The van der Waals surface area contributed by atoms with Crippen LogP contribution in [0.4, 0.5) is 8.78 Å². The lowest BCUT2D eigenvalue weighted by atomic mass is 9.93. The van der Waals surface area contributed by atoms with Gasteiger partial charge in [0.05, 0.1) is 18.7 Å². The minimum absolute atomic E-state index is 0.222. The summed E-state index contributed by atoms with van der Waals surface area (Å²) in [5.74, 6) is -1.59. The molecular formula is C21H17F2NO3. The normalized spacial score (nSPS) is 11.8. The molecule has 4 nitrogen and oxygen atoms in total. The van der Waals surface area contributed by atoms with Crippen LogP contribution in [0.15, 0.2) is 71.3 Å². The van der Waals surface area contributed by atoms with E-state index in [1.165, 1.54) is 54.8 Å². The fourth-order valence-electron chi connectivity index (χ4n) is 2.72. The second kappa shape index (κ2) is 8.40. The average molecular weight is 369 g/mol. The van der Waals surface area contributed by atoms with Gasteiger partial charge in [0.25, 0.3) is 0 Å². The van der Waals surface area contributed by atoms with Crippen LogP contribution in [-0.4, -0.2) is 18.2 Å². The van der Waals surface area contributed by atoms with Crippen molar-refractivity contribution in [1.82, 2.24) is 5.32 Å². The molecule has 0 spiro atoms. The van der Waals surface area contributed by atoms with E-state index in [2.05, 4.69) is 5.32 Å². The summed E-state index contributed by atoms with van der Waals surface area (Å²) in [6, 6.07) is 14.2. The van der Waals surface area contributed by atoms with Crippen molar-refractivity contribution in [3.8, 4) is 0 Å². The van der Waals surface area contributed by atoms with E-state index >= 15 is 0 Å². The Labute approximate surface area is 154 Å². The van der Waals surface area contributed by atoms with E-state index in [1.54, 1.807) is 12.1 Å². The number of hydrogen-bond donors (Lipinski definition) is 1. The molecule has 3 aromatic rings. The van der Waals surface area contributed by atoms with Crippen molar-refractivity contribution in [3.05, 3.63) is 95.4 Å². The first kappa shape index (κ1) is 18.5.